The Morgan fingerprint density at radius 3 is 1.57 bits per heavy atom. The zero-order valence-electron chi connectivity index (χ0n) is 13.1. The van der Waals surface area contributed by atoms with Crippen molar-refractivity contribution in [3.8, 4) is 0 Å². The van der Waals surface area contributed by atoms with E-state index in [9.17, 15) is 0 Å². The van der Waals surface area contributed by atoms with Crippen molar-refractivity contribution in [3.63, 3.8) is 0 Å². The Labute approximate surface area is 128 Å². The number of hydrogen-bond acceptors (Lipinski definition) is 1. The predicted octanol–water partition coefficient (Wildman–Crippen LogP) is 5.20. The molecule has 0 aliphatic heterocycles. The number of rotatable bonds is 7. The molecule has 21 heavy (non-hydrogen) atoms. The van der Waals surface area contributed by atoms with Gasteiger partial charge >= 0.3 is 0 Å². The van der Waals surface area contributed by atoms with Gasteiger partial charge in [-0.2, -0.15) is 0 Å². The highest BCUT2D eigenvalue weighted by atomic mass is 15.1. The maximum absolute atomic E-state index is 2.44. The van der Waals surface area contributed by atoms with Gasteiger partial charge < -0.3 is 4.90 Å². The van der Waals surface area contributed by atoms with Gasteiger partial charge in [0.15, 0.2) is 0 Å². The average Bonchev–Trinajstić information content (AvgIpc) is 2.54. The van der Waals surface area contributed by atoms with Crippen LogP contribution < -0.4 is 0 Å². The zero-order valence-corrected chi connectivity index (χ0v) is 13.1. The quantitative estimate of drug-likeness (QED) is 0.673. The molecule has 110 valence electrons. The summed E-state index contributed by atoms with van der Waals surface area (Å²) < 4.78 is 0. The monoisotopic (exact) mass is 279 g/mol. The van der Waals surface area contributed by atoms with Crippen LogP contribution in [0, 0.1) is 0 Å². The van der Waals surface area contributed by atoms with Gasteiger partial charge in [0, 0.05) is 24.9 Å². The lowest BCUT2D eigenvalue weighted by molar-refractivity contribution is 0.377. The normalized spacial score (nSPS) is 10.2. The van der Waals surface area contributed by atoms with Crippen LogP contribution in [0.4, 0.5) is 0 Å². The lowest BCUT2D eigenvalue weighted by Gasteiger charge is -2.21. The van der Waals surface area contributed by atoms with Crippen LogP contribution >= 0.6 is 0 Å². The van der Waals surface area contributed by atoms with Crippen LogP contribution in [-0.2, 0) is 0 Å². The van der Waals surface area contributed by atoms with Crippen LogP contribution in [0.25, 0.3) is 5.57 Å². The maximum atomic E-state index is 2.44. The van der Waals surface area contributed by atoms with Crippen molar-refractivity contribution in [1.82, 2.24) is 4.90 Å². The molecule has 0 N–H and O–H groups in total. The number of hydrogen-bond donors (Lipinski definition) is 0. The fourth-order valence-electron chi connectivity index (χ4n) is 2.55. The van der Waals surface area contributed by atoms with E-state index in [-0.39, 0.29) is 0 Å². The predicted molar refractivity (Wildman–Crippen MR) is 92.1 cm³/mol. The van der Waals surface area contributed by atoms with E-state index >= 15 is 0 Å². The van der Waals surface area contributed by atoms with E-state index in [1.54, 1.807) is 0 Å². The summed E-state index contributed by atoms with van der Waals surface area (Å²) in [5, 5.41) is 0. The van der Waals surface area contributed by atoms with Crippen molar-refractivity contribution in [2.75, 3.05) is 13.1 Å². The van der Waals surface area contributed by atoms with Gasteiger partial charge in [-0.25, -0.2) is 0 Å². The molecule has 0 fully saturated rings. The molecule has 2 rings (SSSR count). The Morgan fingerprint density at radius 2 is 1.19 bits per heavy atom. The molecule has 0 amide bonds. The molecule has 0 aromatic heterocycles. The van der Waals surface area contributed by atoms with E-state index < -0.39 is 0 Å². The summed E-state index contributed by atoms with van der Waals surface area (Å²) in [6.45, 7) is 6.69. The van der Waals surface area contributed by atoms with Gasteiger partial charge in [-0.15, -0.1) is 0 Å². The van der Waals surface area contributed by atoms with Gasteiger partial charge in [-0.3, -0.25) is 0 Å². The molecule has 0 spiro atoms. The van der Waals surface area contributed by atoms with Crippen molar-refractivity contribution in [2.45, 2.75) is 26.7 Å². The molecule has 0 unspecified atom stereocenters. The van der Waals surface area contributed by atoms with Gasteiger partial charge in [0.1, 0.15) is 0 Å². The molecule has 2 aromatic rings. The van der Waals surface area contributed by atoms with Crippen molar-refractivity contribution >= 4 is 5.57 Å². The molecule has 1 nitrogen and oxygen atoms in total. The minimum atomic E-state index is 1.11. The number of benzene rings is 2. The van der Waals surface area contributed by atoms with Crippen LogP contribution in [0.2, 0.25) is 0 Å². The van der Waals surface area contributed by atoms with E-state index in [0.29, 0.717) is 0 Å². The average molecular weight is 279 g/mol. The Balaban J connectivity index is 2.40. The molecule has 0 heterocycles. The molecule has 0 radical (unpaired) electrons. The summed E-state index contributed by atoms with van der Waals surface area (Å²) in [5.41, 5.74) is 3.86. The zero-order chi connectivity index (χ0) is 14.9. The van der Waals surface area contributed by atoms with E-state index in [2.05, 4.69) is 85.6 Å². The molecule has 2 aromatic carbocycles. The largest absolute Gasteiger partial charge is 0.377 e. The van der Waals surface area contributed by atoms with E-state index in [0.717, 1.165) is 13.1 Å². The first-order chi connectivity index (χ1) is 10.3. The van der Waals surface area contributed by atoms with Crippen LogP contribution in [0.5, 0.6) is 0 Å². The second-order valence-electron chi connectivity index (χ2n) is 5.31. The third kappa shape index (κ3) is 4.49. The van der Waals surface area contributed by atoms with Crippen molar-refractivity contribution < 1.29 is 0 Å². The first-order valence-corrected chi connectivity index (χ1v) is 7.91. The first-order valence-electron chi connectivity index (χ1n) is 7.91. The van der Waals surface area contributed by atoms with E-state index in [4.69, 9.17) is 0 Å². The van der Waals surface area contributed by atoms with Gasteiger partial charge in [-0.05, 0) is 24.0 Å². The maximum Gasteiger partial charge on any atom is 0.0170 e. The molecule has 0 aliphatic rings. The van der Waals surface area contributed by atoms with Crippen molar-refractivity contribution in [3.05, 3.63) is 78.0 Å². The first kappa shape index (κ1) is 15.4. The molecule has 1 heteroatoms. The Bertz CT molecular complexity index is 495. The third-order valence-electron chi connectivity index (χ3n) is 3.50. The van der Waals surface area contributed by atoms with Crippen molar-refractivity contribution in [1.29, 1.82) is 0 Å². The lowest BCUT2D eigenvalue weighted by Crippen LogP contribution is -2.19. The summed E-state index contributed by atoms with van der Waals surface area (Å²) in [6, 6.07) is 21.3. The van der Waals surface area contributed by atoms with Gasteiger partial charge in [0.2, 0.25) is 0 Å². The fourth-order valence-corrected chi connectivity index (χ4v) is 2.55. The Hall–Kier alpha value is -2.02. The molecule has 0 saturated heterocycles. The van der Waals surface area contributed by atoms with E-state index in [1.165, 1.54) is 29.5 Å². The van der Waals surface area contributed by atoms with Crippen LogP contribution in [-0.4, -0.2) is 18.0 Å². The second kappa shape index (κ2) is 8.31. The summed E-state index contributed by atoms with van der Waals surface area (Å²) in [6.07, 6.45) is 4.68. The van der Waals surface area contributed by atoms with Crippen LogP contribution in [0.15, 0.2) is 66.9 Å². The molecular weight excluding hydrogens is 254 g/mol. The van der Waals surface area contributed by atoms with Crippen LogP contribution in [0.1, 0.15) is 37.8 Å². The summed E-state index contributed by atoms with van der Waals surface area (Å²) >= 11 is 0. The SMILES string of the molecule is CCCN(C=C(c1ccccc1)c1ccccc1)CCC. The highest BCUT2D eigenvalue weighted by molar-refractivity contribution is 5.79. The van der Waals surface area contributed by atoms with Gasteiger partial charge in [-0.1, -0.05) is 74.5 Å². The topological polar surface area (TPSA) is 3.24 Å². The number of nitrogens with zero attached hydrogens (tertiary/aromatic N) is 1. The molecule has 0 atom stereocenters. The highest BCUT2D eigenvalue weighted by Gasteiger charge is 2.07. The Morgan fingerprint density at radius 1 is 0.762 bits per heavy atom. The van der Waals surface area contributed by atoms with Crippen LogP contribution in [0.3, 0.4) is 0 Å². The molecule has 0 bridgehead atoms. The van der Waals surface area contributed by atoms with Gasteiger partial charge in [0.25, 0.3) is 0 Å². The van der Waals surface area contributed by atoms with Gasteiger partial charge in [0.05, 0.1) is 0 Å². The van der Waals surface area contributed by atoms with E-state index in [1.807, 2.05) is 0 Å². The molecular formula is C20H25N. The lowest BCUT2D eigenvalue weighted by atomic mass is 9.99. The summed E-state index contributed by atoms with van der Waals surface area (Å²) in [4.78, 5) is 2.44. The second-order valence-corrected chi connectivity index (χ2v) is 5.31. The van der Waals surface area contributed by atoms with Crippen molar-refractivity contribution in [2.24, 2.45) is 0 Å². The standard InChI is InChI=1S/C20H25N/c1-3-15-21(16-4-2)17-20(18-11-7-5-8-12-18)19-13-9-6-10-14-19/h5-14,17H,3-4,15-16H2,1-2H3. The summed E-state index contributed by atoms with van der Waals surface area (Å²) in [7, 11) is 0. The summed E-state index contributed by atoms with van der Waals surface area (Å²) in [5.74, 6) is 0. The smallest absolute Gasteiger partial charge is 0.0170 e. The fraction of sp³-hybridized carbons (Fsp3) is 0.300. The highest BCUT2D eigenvalue weighted by Crippen LogP contribution is 2.23. The minimum absolute atomic E-state index is 1.11. The molecule has 0 saturated carbocycles. The molecule has 0 aliphatic carbocycles. The Kier molecular flexibility index (Phi) is 6.08. The third-order valence-corrected chi connectivity index (χ3v) is 3.50. The minimum Gasteiger partial charge on any atom is -0.377 e.